The van der Waals surface area contributed by atoms with Gasteiger partial charge in [-0.1, -0.05) is 12.1 Å². The molecule has 0 aliphatic heterocycles. The van der Waals surface area contributed by atoms with Crippen LogP contribution >= 0.6 is 0 Å². The molecular formula is C15H15FN2O3. The van der Waals surface area contributed by atoms with Crippen LogP contribution in [0.3, 0.4) is 0 Å². The molecule has 2 N–H and O–H groups in total. The normalized spacial score (nSPS) is 10.5. The zero-order chi connectivity index (χ0) is 15.6. The van der Waals surface area contributed by atoms with E-state index in [9.17, 15) is 14.5 Å². The summed E-state index contributed by atoms with van der Waals surface area (Å²) >= 11 is 0. The molecule has 5 nitrogen and oxygen atoms in total. The van der Waals surface area contributed by atoms with Crippen molar-refractivity contribution in [2.24, 2.45) is 5.73 Å². The first-order valence-electron chi connectivity index (χ1n) is 6.35. The van der Waals surface area contributed by atoms with Crippen LogP contribution in [-0.4, -0.2) is 4.92 Å². The van der Waals surface area contributed by atoms with E-state index in [2.05, 4.69) is 0 Å². The molecule has 0 bridgehead atoms. The fourth-order valence-electron chi connectivity index (χ4n) is 2.07. The number of hydrogen-bond donors (Lipinski definition) is 1. The highest BCUT2D eigenvalue weighted by molar-refractivity contribution is 5.51. The average Bonchev–Trinajstić information content (AvgIpc) is 2.43. The summed E-state index contributed by atoms with van der Waals surface area (Å²) in [5.41, 5.74) is 7.20. The van der Waals surface area contributed by atoms with E-state index in [1.165, 1.54) is 18.2 Å². The monoisotopic (exact) mass is 290 g/mol. The maximum absolute atomic E-state index is 13.9. The Hall–Kier alpha value is -2.47. The maximum atomic E-state index is 13.9. The summed E-state index contributed by atoms with van der Waals surface area (Å²) in [4.78, 5) is 10.5. The average molecular weight is 290 g/mol. The Morgan fingerprint density at radius 1 is 1.29 bits per heavy atom. The minimum absolute atomic E-state index is 0.00116. The van der Waals surface area contributed by atoms with Crippen LogP contribution < -0.4 is 10.5 Å². The molecule has 2 rings (SSSR count). The number of benzene rings is 2. The number of nitro benzene ring substituents is 1. The minimum atomic E-state index is -0.555. The molecule has 6 heteroatoms. The molecule has 0 unspecified atom stereocenters. The third-order valence-electron chi connectivity index (χ3n) is 3.17. The van der Waals surface area contributed by atoms with Crippen molar-refractivity contribution < 1.29 is 14.1 Å². The molecule has 0 aromatic heterocycles. The van der Waals surface area contributed by atoms with E-state index in [-0.39, 0.29) is 23.7 Å². The lowest BCUT2D eigenvalue weighted by Gasteiger charge is -2.13. The third-order valence-corrected chi connectivity index (χ3v) is 3.17. The van der Waals surface area contributed by atoms with Crippen molar-refractivity contribution in [3.8, 4) is 11.5 Å². The second kappa shape index (κ2) is 5.88. The van der Waals surface area contributed by atoms with Crippen molar-refractivity contribution in [1.82, 2.24) is 0 Å². The van der Waals surface area contributed by atoms with Crippen LogP contribution in [0.5, 0.6) is 11.5 Å². The van der Waals surface area contributed by atoms with Crippen LogP contribution in [0.15, 0.2) is 30.3 Å². The molecule has 0 radical (unpaired) electrons. The first-order chi connectivity index (χ1) is 9.93. The number of nitrogens with two attached hydrogens (primary N) is 1. The summed E-state index contributed by atoms with van der Waals surface area (Å²) < 4.78 is 19.4. The van der Waals surface area contributed by atoms with Crippen molar-refractivity contribution >= 4 is 5.69 Å². The maximum Gasteiger partial charge on any atom is 0.276 e. The van der Waals surface area contributed by atoms with Crippen molar-refractivity contribution in [3.63, 3.8) is 0 Å². The predicted octanol–water partition coefficient (Wildman–Crippen LogP) is 3.60. The Labute approximate surface area is 121 Å². The van der Waals surface area contributed by atoms with Gasteiger partial charge in [0.1, 0.15) is 5.75 Å². The van der Waals surface area contributed by atoms with E-state index in [0.717, 1.165) is 0 Å². The SMILES string of the molecule is Cc1cc(C)c([N+](=O)[O-])cc1Oc1c(F)cccc1CN. The summed E-state index contributed by atoms with van der Waals surface area (Å²) in [6.07, 6.45) is 0. The number of halogens is 1. The summed E-state index contributed by atoms with van der Waals surface area (Å²) in [5.74, 6) is -0.311. The second-order valence-electron chi connectivity index (χ2n) is 4.70. The van der Waals surface area contributed by atoms with Gasteiger partial charge in [0.15, 0.2) is 11.6 Å². The molecule has 0 saturated carbocycles. The van der Waals surface area contributed by atoms with Crippen molar-refractivity contribution in [3.05, 3.63) is 63.0 Å². The minimum Gasteiger partial charge on any atom is -0.453 e. The van der Waals surface area contributed by atoms with Gasteiger partial charge >= 0.3 is 0 Å². The number of para-hydroxylation sites is 1. The highest BCUT2D eigenvalue weighted by Gasteiger charge is 2.17. The molecule has 110 valence electrons. The van der Waals surface area contributed by atoms with Crippen LogP contribution in [0.4, 0.5) is 10.1 Å². The van der Waals surface area contributed by atoms with Gasteiger partial charge in [-0.3, -0.25) is 10.1 Å². The van der Waals surface area contributed by atoms with Gasteiger partial charge in [-0.2, -0.15) is 0 Å². The topological polar surface area (TPSA) is 78.4 Å². The zero-order valence-corrected chi connectivity index (χ0v) is 11.7. The molecule has 0 heterocycles. The quantitative estimate of drug-likeness (QED) is 0.689. The molecular weight excluding hydrogens is 275 g/mol. The van der Waals surface area contributed by atoms with Crippen LogP contribution in [0.2, 0.25) is 0 Å². The van der Waals surface area contributed by atoms with Gasteiger partial charge in [-0.25, -0.2) is 4.39 Å². The van der Waals surface area contributed by atoms with Crippen LogP contribution in [-0.2, 0) is 6.54 Å². The molecule has 0 spiro atoms. The lowest BCUT2D eigenvalue weighted by atomic mass is 10.1. The van der Waals surface area contributed by atoms with Gasteiger partial charge in [0.25, 0.3) is 5.69 Å². The van der Waals surface area contributed by atoms with E-state index in [1.807, 2.05) is 0 Å². The number of nitro groups is 1. The molecule has 2 aromatic carbocycles. The van der Waals surface area contributed by atoms with Gasteiger partial charge in [-0.05, 0) is 31.5 Å². The third kappa shape index (κ3) is 3.00. The molecule has 0 aliphatic carbocycles. The van der Waals surface area contributed by atoms with Gasteiger partial charge in [0, 0.05) is 17.7 Å². The summed E-state index contributed by atoms with van der Waals surface area (Å²) in [5, 5.41) is 11.0. The first-order valence-corrected chi connectivity index (χ1v) is 6.35. The second-order valence-corrected chi connectivity index (χ2v) is 4.70. The van der Waals surface area contributed by atoms with Gasteiger partial charge in [0.05, 0.1) is 11.0 Å². The molecule has 0 amide bonds. The molecule has 0 aliphatic rings. The zero-order valence-electron chi connectivity index (χ0n) is 11.7. The van der Waals surface area contributed by atoms with E-state index in [1.54, 1.807) is 26.0 Å². The molecule has 0 saturated heterocycles. The van der Waals surface area contributed by atoms with E-state index in [4.69, 9.17) is 10.5 Å². The summed E-state index contributed by atoms with van der Waals surface area (Å²) in [7, 11) is 0. The van der Waals surface area contributed by atoms with Crippen molar-refractivity contribution in [2.75, 3.05) is 0 Å². The number of rotatable bonds is 4. The van der Waals surface area contributed by atoms with E-state index in [0.29, 0.717) is 16.7 Å². The van der Waals surface area contributed by atoms with Crippen LogP contribution in [0.25, 0.3) is 0 Å². The lowest BCUT2D eigenvalue weighted by Crippen LogP contribution is -2.02. The van der Waals surface area contributed by atoms with Crippen LogP contribution in [0.1, 0.15) is 16.7 Å². The van der Waals surface area contributed by atoms with Crippen molar-refractivity contribution in [2.45, 2.75) is 20.4 Å². The Bertz CT molecular complexity index is 702. The molecule has 2 aromatic rings. The smallest absolute Gasteiger partial charge is 0.276 e. The standard InChI is InChI=1S/C15H15FN2O3/c1-9-6-10(2)14(7-13(9)18(19)20)21-15-11(8-17)4-3-5-12(15)16/h3-7H,8,17H2,1-2H3. The molecule has 0 fully saturated rings. The van der Waals surface area contributed by atoms with Gasteiger partial charge in [0.2, 0.25) is 0 Å². The summed E-state index contributed by atoms with van der Waals surface area (Å²) in [6, 6.07) is 7.38. The highest BCUT2D eigenvalue weighted by Crippen LogP contribution is 2.34. The molecule has 21 heavy (non-hydrogen) atoms. The lowest BCUT2D eigenvalue weighted by molar-refractivity contribution is -0.385. The number of ether oxygens (including phenoxy) is 1. The largest absolute Gasteiger partial charge is 0.453 e. The Morgan fingerprint density at radius 2 is 2.00 bits per heavy atom. The van der Waals surface area contributed by atoms with Crippen molar-refractivity contribution in [1.29, 1.82) is 0 Å². The fourth-order valence-corrected chi connectivity index (χ4v) is 2.07. The number of aryl methyl sites for hydroxylation is 2. The Kier molecular flexibility index (Phi) is 4.18. The van der Waals surface area contributed by atoms with E-state index < -0.39 is 10.7 Å². The fraction of sp³-hybridized carbons (Fsp3) is 0.200. The number of hydrogen-bond acceptors (Lipinski definition) is 4. The number of nitrogens with zero attached hydrogens (tertiary/aromatic N) is 1. The Balaban J connectivity index is 2.50. The first kappa shape index (κ1) is 14.9. The van der Waals surface area contributed by atoms with E-state index >= 15 is 0 Å². The van der Waals surface area contributed by atoms with Gasteiger partial charge in [-0.15, -0.1) is 0 Å². The highest BCUT2D eigenvalue weighted by atomic mass is 19.1. The summed E-state index contributed by atoms with van der Waals surface area (Å²) in [6.45, 7) is 3.50. The Morgan fingerprint density at radius 3 is 2.62 bits per heavy atom. The molecule has 0 atom stereocenters. The van der Waals surface area contributed by atoms with Gasteiger partial charge < -0.3 is 10.5 Å². The predicted molar refractivity (Wildman–Crippen MR) is 76.9 cm³/mol. The van der Waals surface area contributed by atoms with Crippen LogP contribution in [0, 0.1) is 29.8 Å².